The Kier molecular flexibility index (Phi) is 4.58. The molecule has 0 aliphatic rings. The Labute approximate surface area is 126 Å². The fourth-order valence-corrected chi connectivity index (χ4v) is 3.41. The summed E-state index contributed by atoms with van der Waals surface area (Å²) in [6, 6.07) is 11.6. The van der Waals surface area contributed by atoms with Gasteiger partial charge in [0.1, 0.15) is 0 Å². The van der Waals surface area contributed by atoms with Crippen LogP contribution in [0.2, 0.25) is 0 Å². The number of rotatable bonds is 3. The maximum absolute atomic E-state index is 11.9. The molecule has 0 atom stereocenters. The smallest absolute Gasteiger partial charge is 0.252 e. The average Bonchev–Trinajstić information content (AvgIpc) is 2.73. The first-order valence-electron chi connectivity index (χ1n) is 4.94. The molecule has 0 fully saturated rings. The minimum atomic E-state index is -0.0282. The first kappa shape index (κ1) is 13.0. The van der Waals surface area contributed by atoms with Crippen LogP contribution in [0.15, 0.2) is 40.2 Å². The summed E-state index contributed by atoms with van der Waals surface area (Å²) in [7, 11) is 0. The minimum Gasteiger partial charge on any atom is -0.347 e. The van der Waals surface area contributed by atoms with Gasteiger partial charge in [0, 0.05) is 8.45 Å². The second kappa shape index (κ2) is 5.97. The summed E-state index contributed by atoms with van der Waals surface area (Å²) >= 11 is 7.20. The fraction of sp³-hybridized carbons (Fsp3) is 0.0833. The molecule has 1 amide bonds. The van der Waals surface area contributed by atoms with E-state index in [4.69, 9.17) is 0 Å². The van der Waals surface area contributed by atoms with Crippen LogP contribution in [0.1, 0.15) is 15.2 Å². The molecule has 2 rings (SSSR count). The lowest BCUT2D eigenvalue weighted by Crippen LogP contribution is -2.23. The highest BCUT2D eigenvalue weighted by Gasteiger charge is 2.08. The third-order valence-electron chi connectivity index (χ3n) is 2.17. The number of hydrogen-bond donors (Lipinski definition) is 1. The second-order valence-corrected chi connectivity index (χ2v) is 7.08. The molecular weight excluding hydrogens is 413 g/mol. The molecule has 1 aromatic carbocycles. The molecule has 0 saturated carbocycles. The van der Waals surface area contributed by atoms with Gasteiger partial charge >= 0.3 is 0 Å². The standard InChI is InChI=1S/C12H9BrINOS/c13-11-6-5-8(17-11)7-15-12(16)9-3-1-2-4-10(9)14/h1-6H,7H2,(H,15,16). The number of benzene rings is 1. The van der Waals surface area contributed by atoms with E-state index < -0.39 is 0 Å². The van der Waals surface area contributed by atoms with Crippen LogP contribution >= 0.6 is 49.9 Å². The van der Waals surface area contributed by atoms with Gasteiger partial charge in [-0.1, -0.05) is 12.1 Å². The van der Waals surface area contributed by atoms with E-state index in [1.165, 1.54) is 0 Å². The van der Waals surface area contributed by atoms with E-state index in [2.05, 4.69) is 43.8 Å². The largest absolute Gasteiger partial charge is 0.347 e. The first-order valence-corrected chi connectivity index (χ1v) is 7.62. The van der Waals surface area contributed by atoms with Gasteiger partial charge in [0.25, 0.3) is 5.91 Å². The highest BCUT2D eigenvalue weighted by atomic mass is 127. The molecule has 1 heterocycles. The van der Waals surface area contributed by atoms with Crippen molar-refractivity contribution in [2.24, 2.45) is 0 Å². The molecule has 1 N–H and O–H groups in total. The molecule has 17 heavy (non-hydrogen) atoms. The molecule has 88 valence electrons. The van der Waals surface area contributed by atoms with E-state index in [1.54, 1.807) is 11.3 Å². The molecular formula is C12H9BrINOS. The summed E-state index contributed by atoms with van der Waals surface area (Å²) in [5.74, 6) is -0.0282. The lowest BCUT2D eigenvalue weighted by atomic mass is 10.2. The van der Waals surface area contributed by atoms with Crippen LogP contribution in [0.25, 0.3) is 0 Å². The molecule has 0 spiro atoms. The molecule has 2 nitrogen and oxygen atoms in total. The summed E-state index contributed by atoms with van der Waals surface area (Å²) in [4.78, 5) is 13.1. The van der Waals surface area contributed by atoms with Gasteiger partial charge in [-0.2, -0.15) is 0 Å². The van der Waals surface area contributed by atoms with Gasteiger partial charge in [0.05, 0.1) is 15.9 Å². The summed E-state index contributed by atoms with van der Waals surface area (Å²) in [5, 5.41) is 2.92. The quantitative estimate of drug-likeness (QED) is 0.744. The Bertz CT molecular complexity index is 541. The molecule has 1 aromatic heterocycles. The number of nitrogens with one attached hydrogen (secondary N) is 1. The predicted octanol–water partition coefficient (Wildman–Crippen LogP) is 4.05. The van der Waals surface area contributed by atoms with Gasteiger partial charge in [0.2, 0.25) is 0 Å². The number of halogens is 2. The van der Waals surface area contributed by atoms with Crippen molar-refractivity contribution in [3.05, 3.63) is 54.2 Å². The van der Waals surface area contributed by atoms with Crippen molar-refractivity contribution >= 4 is 55.8 Å². The van der Waals surface area contributed by atoms with Crippen molar-refractivity contribution in [1.82, 2.24) is 5.32 Å². The van der Waals surface area contributed by atoms with E-state index in [9.17, 15) is 4.79 Å². The van der Waals surface area contributed by atoms with E-state index in [-0.39, 0.29) is 5.91 Å². The predicted molar refractivity (Wildman–Crippen MR) is 82.3 cm³/mol. The number of hydrogen-bond acceptors (Lipinski definition) is 2. The Morgan fingerprint density at radius 2 is 2.06 bits per heavy atom. The molecule has 0 aliphatic heterocycles. The molecule has 0 saturated heterocycles. The average molecular weight is 422 g/mol. The van der Waals surface area contributed by atoms with Gasteiger partial charge in [0.15, 0.2) is 0 Å². The van der Waals surface area contributed by atoms with Gasteiger partial charge < -0.3 is 5.32 Å². The molecule has 2 aromatic rings. The van der Waals surface area contributed by atoms with Crippen molar-refractivity contribution in [3.63, 3.8) is 0 Å². The van der Waals surface area contributed by atoms with Crippen LogP contribution < -0.4 is 5.32 Å². The fourth-order valence-electron chi connectivity index (χ4n) is 1.35. The molecule has 5 heteroatoms. The highest BCUT2D eigenvalue weighted by molar-refractivity contribution is 14.1. The first-order chi connectivity index (χ1) is 8.16. The zero-order chi connectivity index (χ0) is 12.3. The third-order valence-corrected chi connectivity index (χ3v) is 4.73. The normalized spacial score (nSPS) is 10.2. The lowest BCUT2D eigenvalue weighted by Gasteiger charge is -2.05. The van der Waals surface area contributed by atoms with Crippen molar-refractivity contribution in [3.8, 4) is 0 Å². The Hall–Kier alpha value is -0.400. The minimum absolute atomic E-state index is 0.0282. The van der Waals surface area contributed by atoms with E-state index >= 15 is 0 Å². The van der Waals surface area contributed by atoms with E-state index in [0.29, 0.717) is 6.54 Å². The Morgan fingerprint density at radius 1 is 1.29 bits per heavy atom. The van der Waals surface area contributed by atoms with Crippen molar-refractivity contribution in [1.29, 1.82) is 0 Å². The van der Waals surface area contributed by atoms with Gasteiger partial charge in [-0.15, -0.1) is 11.3 Å². The highest BCUT2D eigenvalue weighted by Crippen LogP contribution is 2.22. The SMILES string of the molecule is O=C(NCc1ccc(Br)s1)c1ccccc1I. The Balaban J connectivity index is 2.01. The van der Waals surface area contributed by atoms with Crippen LogP contribution in [0.5, 0.6) is 0 Å². The number of thiophene rings is 1. The second-order valence-electron chi connectivity index (χ2n) is 3.37. The Morgan fingerprint density at radius 3 is 2.71 bits per heavy atom. The number of carbonyl (C=O) groups excluding carboxylic acids is 1. The maximum Gasteiger partial charge on any atom is 0.252 e. The molecule has 0 radical (unpaired) electrons. The molecule has 0 unspecified atom stereocenters. The zero-order valence-electron chi connectivity index (χ0n) is 8.74. The summed E-state index contributed by atoms with van der Waals surface area (Å²) in [5.41, 5.74) is 0.726. The van der Waals surface area contributed by atoms with Crippen molar-refractivity contribution in [2.75, 3.05) is 0 Å². The van der Waals surface area contributed by atoms with Crippen LogP contribution in [0.4, 0.5) is 0 Å². The zero-order valence-corrected chi connectivity index (χ0v) is 13.3. The monoisotopic (exact) mass is 421 g/mol. The van der Waals surface area contributed by atoms with Crippen LogP contribution in [-0.4, -0.2) is 5.91 Å². The molecule has 0 bridgehead atoms. The van der Waals surface area contributed by atoms with Crippen molar-refractivity contribution in [2.45, 2.75) is 6.54 Å². The van der Waals surface area contributed by atoms with Gasteiger partial charge in [-0.25, -0.2) is 0 Å². The topological polar surface area (TPSA) is 29.1 Å². The van der Waals surface area contributed by atoms with Crippen LogP contribution in [0, 0.1) is 3.57 Å². The third kappa shape index (κ3) is 3.53. The van der Waals surface area contributed by atoms with Gasteiger partial charge in [-0.05, 0) is 62.8 Å². The van der Waals surface area contributed by atoms with Crippen molar-refractivity contribution < 1.29 is 4.79 Å². The maximum atomic E-state index is 11.9. The molecule has 0 aliphatic carbocycles. The van der Waals surface area contributed by atoms with E-state index in [1.807, 2.05) is 36.4 Å². The van der Waals surface area contributed by atoms with Crippen LogP contribution in [-0.2, 0) is 6.54 Å². The van der Waals surface area contributed by atoms with Gasteiger partial charge in [-0.3, -0.25) is 4.79 Å². The van der Waals surface area contributed by atoms with E-state index in [0.717, 1.165) is 17.8 Å². The summed E-state index contributed by atoms with van der Waals surface area (Å²) in [6.45, 7) is 0.570. The van der Waals surface area contributed by atoms with Crippen LogP contribution in [0.3, 0.4) is 0 Å². The lowest BCUT2D eigenvalue weighted by molar-refractivity contribution is 0.0950. The summed E-state index contributed by atoms with van der Waals surface area (Å²) in [6.07, 6.45) is 0. The number of amides is 1. The number of carbonyl (C=O) groups is 1. The summed E-state index contributed by atoms with van der Waals surface area (Å²) < 4.78 is 2.05.